The number of aryl methyl sites for hydroxylation is 1. The van der Waals surface area contributed by atoms with E-state index in [1.807, 2.05) is 31.2 Å². The van der Waals surface area contributed by atoms with Gasteiger partial charge in [0.2, 0.25) is 0 Å². The average molecular weight is 479 g/mol. The zero-order valence-electron chi connectivity index (χ0n) is 19.9. The van der Waals surface area contributed by atoms with Crippen LogP contribution in [0.3, 0.4) is 0 Å². The van der Waals surface area contributed by atoms with Crippen LogP contribution in [-0.4, -0.2) is 59.2 Å². The molecule has 2 heterocycles. The molecular weight excluding hydrogens is 444 g/mol. The fourth-order valence-corrected chi connectivity index (χ4v) is 6.43. The van der Waals surface area contributed by atoms with Gasteiger partial charge in [-0.25, -0.2) is 4.79 Å². The molecule has 2 fully saturated rings. The van der Waals surface area contributed by atoms with Crippen molar-refractivity contribution >= 4 is 39.2 Å². The highest BCUT2D eigenvalue weighted by molar-refractivity contribution is 7.13. The van der Waals surface area contributed by atoms with Gasteiger partial charge in [0.1, 0.15) is 5.82 Å². The van der Waals surface area contributed by atoms with Crippen LogP contribution in [0.5, 0.6) is 0 Å². The Labute approximate surface area is 206 Å². The lowest BCUT2D eigenvalue weighted by molar-refractivity contribution is 0.189. The van der Waals surface area contributed by atoms with Crippen molar-refractivity contribution < 1.29 is 9.90 Å². The van der Waals surface area contributed by atoms with Gasteiger partial charge in [-0.15, -0.1) is 0 Å². The van der Waals surface area contributed by atoms with E-state index in [9.17, 15) is 9.90 Å². The molecule has 1 aromatic heterocycles. The number of carbonyl (C=O) groups is 1. The minimum absolute atomic E-state index is 0.0892. The largest absolute Gasteiger partial charge is 0.465 e. The average Bonchev–Trinajstić information content (AvgIpc) is 3.29. The van der Waals surface area contributed by atoms with Crippen LogP contribution in [0.15, 0.2) is 48.5 Å². The minimum Gasteiger partial charge on any atom is -0.465 e. The van der Waals surface area contributed by atoms with Crippen LogP contribution in [0.25, 0.3) is 10.1 Å². The Morgan fingerprint density at radius 1 is 1.03 bits per heavy atom. The number of fused-ring (bicyclic) bond motifs is 1. The highest BCUT2D eigenvalue weighted by atomic mass is 32.1. The normalized spacial score (nSPS) is 21.6. The SMILES string of the molecule is Cc1ccccc1N(C(=O)O)C1CCC(CCN2CCN(c3nsc4ccccc34)CC2)CC1. The summed E-state index contributed by atoms with van der Waals surface area (Å²) in [5.41, 5.74) is 1.86. The van der Waals surface area contributed by atoms with Gasteiger partial charge < -0.3 is 10.0 Å². The molecule has 1 saturated heterocycles. The number of amides is 1. The second kappa shape index (κ2) is 10.3. The number of aromatic nitrogens is 1. The summed E-state index contributed by atoms with van der Waals surface area (Å²) < 4.78 is 5.99. The van der Waals surface area contributed by atoms with Crippen LogP contribution in [0.4, 0.5) is 16.3 Å². The molecule has 6 nitrogen and oxygen atoms in total. The van der Waals surface area contributed by atoms with Crippen LogP contribution in [-0.2, 0) is 0 Å². The van der Waals surface area contributed by atoms with E-state index in [2.05, 4.69) is 34.1 Å². The van der Waals surface area contributed by atoms with Gasteiger partial charge in [0.25, 0.3) is 0 Å². The van der Waals surface area contributed by atoms with E-state index in [1.54, 1.807) is 16.4 Å². The summed E-state index contributed by atoms with van der Waals surface area (Å²) in [5, 5.41) is 11.2. The van der Waals surface area contributed by atoms with E-state index in [0.717, 1.165) is 75.5 Å². The lowest BCUT2D eigenvalue weighted by Gasteiger charge is -2.38. The first-order chi connectivity index (χ1) is 16.6. The Hall–Kier alpha value is -2.64. The maximum absolute atomic E-state index is 12.1. The third kappa shape index (κ3) is 4.91. The molecule has 5 rings (SSSR count). The zero-order chi connectivity index (χ0) is 23.5. The minimum atomic E-state index is -0.830. The molecule has 3 aromatic rings. The zero-order valence-corrected chi connectivity index (χ0v) is 20.7. The monoisotopic (exact) mass is 478 g/mol. The summed E-state index contributed by atoms with van der Waals surface area (Å²) in [6.07, 6.45) is 4.52. The molecule has 2 aromatic carbocycles. The fourth-order valence-electron chi connectivity index (χ4n) is 5.63. The number of para-hydroxylation sites is 1. The Morgan fingerprint density at radius 2 is 1.74 bits per heavy atom. The van der Waals surface area contributed by atoms with E-state index in [4.69, 9.17) is 4.37 Å². The van der Waals surface area contributed by atoms with E-state index in [0.29, 0.717) is 5.92 Å². The molecule has 0 unspecified atom stereocenters. The molecule has 1 aliphatic heterocycles. The number of carboxylic acid groups (broad SMARTS) is 1. The van der Waals surface area contributed by atoms with E-state index < -0.39 is 6.09 Å². The van der Waals surface area contributed by atoms with Crippen molar-refractivity contribution in [3.63, 3.8) is 0 Å². The molecule has 1 amide bonds. The number of nitrogens with zero attached hydrogens (tertiary/aromatic N) is 4. The van der Waals surface area contributed by atoms with Crippen LogP contribution in [0.1, 0.15) is 37.7 Å². The predicted molar refractivity (Wildman–Crippen MR) is 140 cm³/mol. The van der Waals surface area contributed by atoms with Crippen molar-refractivity contribution in [1.82, 2.24) is 9.27 Å². The lowest BCUT2D eigenvalue weighted by atomic mass is 9.83. The molecular formula is C27H34N4O2S. The second-order valence-electron chi connectivity index (χ2n) is 9.73. The predicted octanol–water partition coefficient (Wildman–Crippen LogP) is 5.86. The van der Waals surface area contributed by atoms with Crippen molar-refractivity contribution in [3.05, 3.63) is 54.1 Å². The summed E-state index contributed by atoms with van der Waals surface area (Å²) in [7, 11) is 0. The maximum atomic E-state index is 12.1. The Morgan fingerprint density at radius 3 is 2.47 bits per heavy atom. The van der Waals surface area contributed by atoms with Crippen molar-refractivity contribution in [1.29, 1.82) is 0 Å². The van der Waals surface area contributed by atoms with Gasteiger partial charge in [0, 0.05) is 37.6 Å². The number of piperazine rings is 1. The molecule has 1 saturated carbocycles. The Bertz CT molecular complexity index is 1120. The first-order valence-corrected chi connectivity index (χ1v) is 13.3. The van der Waals surface area contributed by atoms with Crippen molar-refractivity contribution in [2.24, 2.45) is 5.92 Å². The number of anilines is 2. The van der Waals surface area contributed by atoms with Gasteiger partial charge in [-0.2, -0.15) is 4.37 Å². The molecule has 1 N–H and O–H groups in total. The van der Waals surface area contributed by atoms with Gasteiger partial charge in [-0.3, -0.25) is 9.80 Å². The van der Waals surface area contributed by atoms with E-state index in [-0.39, 0.29) is 6.04 Å². The molecule has 0 atom stereocenters. The Kier molecular flexibility index (Phi) is 7.02. The van der Waals surface area contributed by atoms with Gasteiger partial charge in [-0.05, 0) is 86.8 Å². The number of hydrogen-bond donors (Lipinski definition) is 1. The van der Waals surface area contributed by atoms with Crippen LogP contribution in [0, 0.1) is 12.8 Å². The van der Waals surface area contributed by atoms with Crippen molar-refractivity contribution in [2.45, 2.75) is 45.1 Å². The van der Waals surface area contributed by atoms with Crippen LogP contribution >= 0.6 is 11.5 Å². The molecule has 2 aliphatic rings. The van der Waals surface area contributed by atoms with Gasteiger partial charge in [0.05, 0.1) is 10.4 Å². The van der Waals surface area contributed by atoms with Gasteiger partial charge >= 0.3 is 6.09 Å². The van der Waals surface area contributed by atoms with Gasteiger partial charge in [-0.1, -0.05) is 30.3 Å². The molecule has 0 spiro atoms. The topological polar surface area (TPSA) is 59.9 Å². The summed E-state index contributed by atoms with van der Waals surface area (Å²) in [6.45, 7) is 7.37. The highest BCUT2D eigenvalue weighted by Crippen LogP contribution is 2.34. The van der Waals surface area contributed by atoms with E-state index >= 15 is 0 Å². The molecule has 7 heteroatoms. The second-order valence-corrected chi connectivity index (χ2v) is 10.5. The summed E-state index contributed by atoms with van der Waals surface area (Å²) in [6, 6.07) is 16.4. The first-order valence-electron chi connectivity index (χ1n) is 12.5. The van der Waals surface area contributed by atoms with Crippen molar-refractivity contribution in [3.8, 4) is 0 Å². The number of rotatable bonds is 6. The van der Waals surface area contributed by atoms with E-state index in [1.165, 1.54) is 16.5 Å². The van der Waals surface area contributed by atoms with Crippen LogP contribution < -0.4 is 9.80 Å². The third-order valence-electron chi connectivity index (χ3n) is 7.65. The van der Waals surface area contributed by atoms with Gasteiger partial charge in [0.15, 0.2) is 0 Å². The van der Waals surface area contributed by atoms with Crippen LogP contribution in [0.2, 0.25) is 0 Å². The summed E-state index contributed by atoms with van der Waals surface area (Å²) in [5.74, 6) is 1.85. The third-order valence-corrected chi connectivity index (χ3v) is 8.46. The summed E-state index contributed by atoms with van der Waals surface area (Å²) >= 11 is 1.60. The fraction of sp³-hybridized carbons (Fsp3) is 0.481. The number of hydrogen-bond acceptors (Lipinski definition) is 5. The molecule has 1 aliphatic carbocycles. The lowest BCUT2D eigenvalue weighted by Crippen LogP contribution is -2.47. The highest BCUT2D eigenvalue weighted by Gasteiger charge is 2.31. The standard InChI is InChI=1S/C27H34N4O2S/c1-20-6-2-4-8-24(20)31(27(32)33)22-12-10-21(11-13-22)14-15-29-16-18-30(19-17-29)26-23-7-3-5-9-25(23)34-28-26/h2-9,21-22H,10-19H2,1H3,(H,32,33). The summed E-state index contributed by atoms with van der Waals surface area (Å²) in [4.78, 5) is 18.7. The first kappa shape index (κ1) is 23.1. The molecule has 34 heavy (non-hydrogen) atoms. The smallest absolute Gasteiger partial charge is 0.412 e. The Balaban J connectivity index is 1.09. The molecule has 180 valence electrons. The molecule has 0 radical (unpaired) electrons. The number of benzene rings is 2. The quantitative estimate of drug-likeness (QED) is 0.481. The molecule has 0 bridgehead atoms. The van der Waals surface area contributed by atoms with Crippen molar-refractivity contribution in [2.75, 3.05) is 42.5 Å². The maximum Gasteiger partial charge on any atom is 0.412 e.